The highest BCUT2D eigenvalue weighted by molar-refractivity contribution is 8.01. The maximum absolute atomic E-state index is 12.8. The Balaban J connectivity index is 1.42. The van der Waals surface area contributed by atoms with Crippen LogP contribution in [0.4, 0.5) is 0 Å². The molecule has 0 spiro atoms. The van der Waals surface area contributed by atoms with Crippen molar-refractivity contribution in [2.75, 3.05) is 11.5 Å². The molecule has 6 N–H and O–H groups in total. The molecule has 184 valence electrons. The molecule has 15 heteroatoms. The molecule has 0 radical (unpaired) electrons. The minimum Gasteiger partial charge on any atom is -0.481 e. The predicted octanol–water partition coefficient (Wildman–Crippen LogP) is 0.616. The average molecular weight is 539 g/mol. The number of carboxylic acid groups (broad SMARTS) is 2. The van der Waals surface area contributed by atoms with Crippen LogP contribution >= 0.6 is 35.1 Å². The van der Waals surface area contributed by atoms with Gasteiger partial charge in [-0.05, 0) is 23.3 Å². The first-order valence-electron chi connectivity index (χ1n) is 10.1. The molecule has 1 aromatic heterocycles. The second-order valence-electron chi connectivity index (χ2n) is 7.61. The summed E-state index contributed by atoms with van der Waals surface area (Å²) in [5.74, 6) is -2.74. The quantitative estimate of drug-likeness (QED) is 0.222. The maximum atomic E-state index is 12.8. The van der Waals surface area contributed by atoms with E-state index in [1.165, 1.54) is 16.7 Å². The van der Waals surface area contributed by atoms with Crippen molar-refractivity contribution < 1.29 is 29.4 Å². The summed E-state index contributed by atoms with van der Waals surface area (Å²) in [6, 6.07) is 4.52. The van der Waals surface area contributed by atoms with Gasteiger partial charge in [0.2, 0.25) is 11.1 Å². The number of amides is 2. The Morgan fingerprint density at radius 2 is 2.03 bits per heavy atom. The largest absolute Gasteiger partial charge is 0.481 e. The van der Waals surface area contributed by atoms with Crippen LogP contribution in [-0.4, -0.2) is 77.0 Å². The monoisotopic (exact) mass is 538 g/mol. The number of rotatable bonds is 9. The molecule has 1 aromatic carbocycles. The Morgan fingerprint density at radius 1 is 1.31 bits per heavy atom. The summed E-state index contributed by atoms with van der Waals surface area (Å²) in [4.78, 5) is 53.4. The second kappa shape index (κ2) is 10.3. The lowest BCUT2D eigenvalue weighted by Gasteiger charge is -2.49. The molecule has 4 rings (SSSR count). The molecule has 2 unspecified atom stereocenters. The summed E-state index contributed by atoms with van der Waals surface area (Å²) in [6.45, 7) is 0. The Morgan fingerprint density at radius 3 is 2.69 bits per heavy atom. The van der Waals surface area contributed by atoms with E-state index in [9.17, 15) is 24.3 Å². The first-order valence-corrected chi connectivity index (χ1v) is 12.5. The normalized spacial score (nSPS) is 20.2. The van der Waals surface area contributed by atoms with Crippen LogP contribution in [0, 0.1) is 0 Å². The van der Waals surface area contributed by atoms with Crippen LogP contribution < -0.4 is 11.1 Å². The van der Waals surface area contributed by atoms with Crippen molar-refractivity contribution in [3.05, 3.63) is 51.9 Å². The van der Waals surface area contributed by atoms with Crippen molar-refractivity contribution in [1.82, 2.24) is 25.4 Å². The molecule has 1 fully saturated rings. The van der Waals surface area contributed by atoms with Crippen molar-refractivity contribution in [1.29, 1.82) is 0 Å². The standard InChI is InChI=1S/C20H19ClN6O6S2/c21-10-3-1-8(2-4-10)13(22)16(30)24-14-17(31)27-15(19(32)33)9(6-34-18(14)27)7-35-20-23-11(25-26-20)5-12(28)29/h1-4,13-14,18H,5-7,22H2,(H,24,30)(H,28,29)(H,32,33)(H,23,25,26)/t13?,14?,18-/m0/s1. The molecule has 2 aliphatic rings. The maximum Gasteiger partial charge on any atom is 0.352 e. The number of aliphatic carboxylic acids is 2. The number of carboxylic acids is 2. The number of benzene rings is 1. The van der Waals surface area contributed by atoms with Gasteiger partial charge < -0.3 is 21.3 Å². The van der Waals surface area contributed by atoms with Gasteiger partial charge in [-0.2, -0.15) is 0 Å². The first kappa shape index (κ1) is 25.0. The third-order valence-corrected chi connectivity index (χ3v) is 7.79. The van der Waals surface area contributed by atoms with Gasteiger partial charge in [-0.1, -0.05) is 35.5 Å². The summed E-state index contributed by atoms with van der Waals surface area (Å²) in [5.41, 5.74) is 6.89. The highest BCUT2D eigenvalue weighted by atomic mass is 35.5. The fourth-order valence-electron chi connectivity index (χ4n) is 3.58. The van der Waals surface area contributed by atoms with E-state index in [-0.39, 0.29) is 28.9 Å². The number of aromatic nitrogens is 3. The third-order valence-electron chi connectivity index (χ3n) is 5.26. The van der Waals surface area contributed by atoms with Gasteiger partial charge in [-0.3, -0.25) is 24.4 Å². The van der Waals surface area contributed by atoms with Crippen molar-refractivity contribution >= 4 is 58.9 Å². The van der Waals surface area contributed by atoms with Crippen LogP contribution in [0.5, 0.6) is 0 Å². The molecule has 3 heterocycles. The summed E-state index contributed by atoms with van der Waals surface area (Å²) < 4.78 is 0. The number of hydrogen-bond acceptors (Lipinski definition) is 9. The SMILES string of the molecule is NC(C(=O)NC1C(=O)N2C(C(=O)O)=C(CSc3n[nH]c(CC(=O)O)n3)CS[C@@H]12)c1ccc(Cl)cc1. The summed E-state index contributed by atoms with van der Waals surface area (Å²) in [5, 5.41) is 27.9. The van der Waals surface area contributed by atoms with Crippen molar-refractivity contribution in [3.63, 3.8) is 0 Å². The van der Waals surface area contributed by atoms with E-state index in [0.717, 1.165) is 11.8 Å². The number of fused-ring (bicyclic) bond motifs is 1. The number of carbonyl (C=O) groups is 4. The van der Waals surface area contributed by atoms with Crippen molar-refractivity contribution in [2.45, 2.75) is 29.0 Å². The van der Waals surface area contributed by atoms with Gasteiger partial charge >= 0.3 is 11.9 Å². The van der Waals surface area contributed by atoms with E-state index in [4.69, 9.17) is 22.4 Å². The molecular formula is C20H19ClN6O6S2. The van der Waals surface area contributed by atoms with E-state index in [0.29, 0.717) is 21.9 Å². The topological polar surface area (TPSA) is 192 Å². The number of nitrogens with one attached hydrogen (secondary N) is 2. The number of carbonyl (C=O) groups excluding carboxylic acids is 2. The van der Waals surface area contributed by atoms with E-state index < -0.39 is 41.2 Å². The Labute approximate surface area is 211 Å². The summed E-state index contributed by atoms with van der Waals surface area (Å²) in [6.07, 6.45) is -0.314. The van der Waals surface area contributed by atoms with Gasteiger partial charge in [-0.15, -0.1) is 16.9 Å². The van der Waals surface area contributed by atoms with Crippen LogP contribution in [0.2, 0.25) is 5.02 Å². The van der Waals surface area contributed by atoms with E-state index in [1.54, 1.807) is 24.3 Å². The van der Waals surface area contributed by atoms with Crippen LogP contribution in [-0.2, 0) is 25.6 Å². The third kappa shape index (κ3) is 5.29. The van der Waals surface area contributed by atoms with Crippen LogP contribution in [0.15, 0.2) is 40.7 Å². The number of nitrogens with zero attached hydrogens (tertiary/aromatic N) is 3. The molecule has 12 nitrogen and oxygen atoms in total. The fraction of sp³-hybridized carbons (Fsp3) is 0.300. The molecular weight excluding hydrogens is 520 g/mol. The average Bonchev–Trinajstić information content (AvgIpc) is 3.26. The Kier molecular flexibility index (Phi) is 7.35. The number of halogens is 1. The molecule has 2 aliphatic heterocycles. The van der Waals surface area contributed by atoms with E-state index >= 15 is 0 Å². The molecule has 1 saturated heterocycles. The molecule has 3 atom stereocenters. The minimum absolute atomic E-state index is 0.139. The van der Waals surface area contributed by atoms with Crippen LogP contribution in [0.1, 0.15) is 17.4 Å². The van der Waals surface area contributed by atoms with E-state index in [1.807, 2.05) is 0 Å². The van der Waals surface area contributed by atoms with Crippen molar-refractivity contribution in [2.24, 2.45) is 5.73 Å². The summed E-state index contributed by atoms with van der Waals surface area (Å²) in [7, 11) is 0. The minimum atomic E-state index is -1.26. The molecule has 2 aromatic rings. The molecule has 0 aliphatic carbocycles. The second-order valence-corrected chi connectivity index (χ2v) is 10.1. The molecule has 0 saturated carbocycles. The van der Waals surface area contributed by atoms with Crippen LogP contribution in [0.3, 0.4) is 0 Å². The van der Waals surface area contributed by atoms with E-state index in [2.05, 4.69) is 20.5 Å². The Hall–Kier alpha value is -3.07. The lowest BCUT2D eigenvalue weighted by molar-refractivity contribution is -0.150. The zero-order valence-corrected chi connectivity index (χ0v) is 20.2. The lowest BCUT2D eigenvalue weighted by Crippen LogP contribution is -2.71. The number of thioether (sulfide) groups is 2. The number of nitrogens with two attached hydrogens (primary N) is 1. The number of H-pyrrole nitrogens is 1. The smallest absolute Gasteiger partial charge is 0.352 e. The van der Waals surface area contributed by atoms with Gasteiger partial charge in [0.15, 0.2) is 0 Å². The first-order chi connectivity index (χ1) is 16.7. The molecule has 0 bridgehead atoms. The number of hydrogen-bond donors (Lipinski definition) is 5. The highest BCUT2D eigenvalue weighted by Crippen LogP contribution is 2.41. The van der Waals surface area contributed by atoms with Gasteiger partial charge in [0.05, 0.1) is 0 Å². The highest BCUT2D eigenvalue weighted by Gasteiger charge is 2.54. The van der Waals surface area contributed by atoms with Gasteiger partial charge in [0.1, 0.15) is 35.4 Å². The molecule has 2 amide bonds. The zero-order chi connectivity index (χ0) is 25.3. The van der Waals surface area contributed by atoms with Gasteiger partial charge in [0.25, 0.3) is 5.91 Å². The van der Waals surface area contributed by atoms with Gasteiger partial charge in [-0.25, -0.2) is 9.78 Å². The lowest BCUT2D eigenvalue weighted by atomic mass is 10.0. The van der Waals surface area contributed by atoms with Crippen molar-refractivity contribution in [3.8, 4) is 0 Å². The zero-order valence-electron chi connectivity index (χ0n) is 17.8. The molecule has 35 heavy (non-hydrogen) atoms. The number of β-lactam (4-membered cyclic amide) rings is 1. The van der Waals surface area contributed by atoms with Crippen LogP contribution in [0.25, 0.3) is 0 Å². The fourth-order valence-corrected chi connectivity index (χ4v) is 6.00. The summed E-state index contributed by atoms with van der Waals surface area (Å²) >= 11 is 8.31. The number of aromatic amines is 1. The Bertz CT molecular complexity index is 1220. The predicted molar refractivity (Wildman–Crippen MR) is 127 cm³/mol. The van der Waals surface area contributed by atoms with Gasteiger partial charge in [0, 0.05) is 16.5 Å².